The second-order valence-electron chi connectivity index (χ2n) is 8.97. The molecule has 112 valence electrons. The molecule has 0 aliphatic heterocycles. The summed E-state index contributed by atoms with van der Waals surface area (Å²) in [5.74, 6) is 0. The van der Waals surface area contributed by atoms with Gasteiger partial charge in [-0.15, -0.1) is 0 Å². The molecule has 0 aromatic heterocycles. The van der Waals surface area contributed by atoms with E-state index in [1.54, 1.807) is 0 Å². The van der Waals surface area contributed by atoms with Crippen molar-refractivity contribution in [3.05, 3.63) is 41.0 Å². The molecule has 0 N–H and O–H groups in total. The quantitative estimate of drug-likeness (QED) is 0.559. The Labute approximate surface area is 126 Å². The van der Waals surface area contributed by atoms with Gasteiger partial charge in [0.25, 0.3) is 0 Å². The SMILES string of the molecule is CC(C)(C)C=Cc1c(C(C)(C)C)cccc1C(C)(C)C. The summed E-state index contributed by atoms with van der Waals surface area (Å²) < 4.78 is 0. The average molecular weight is 272 g/mol. The molecule has 0 amide bonds. The second-order valence-corrected chi connectivity index (χ2v) is 8.97. The van der Waals surface area contributed by atoms with Crippen molar-refractivity contribution in [2.75, 3.05) is 0 Å². The van der Waals surface area contributed by atoms with Crippen LogP contribution in [0, 0.1) is 5.41 Å². The van der Waals surface area contributed by atoms with E-state index in [-0.39, 0.29) is 16.2 Å². The molecule has 0 saturated heterocycles. The van der Waals surface area contributed by atoms with Gasteiger partial charge in [0, 0.05) is 0 Å². The fourth-order valence-electron chi connectivity index (χ4n) is 2.39. The maximum Gasteiger partial charge on any atom is -0.0126 e. The first-order valence-corrected chi connectivity index (χ1v) is 7.65. The molecule has 0 spiro atoms. The molecule has 20 heavy (non-hydrogen) atoms. The molecule has 0 saturated carbocycles. The van der Waals surface area contributed by atoms with Gasteiger partial charge in [-0.1, -0.05) is 92.7 Å². The summed E-state index contributed by atoms with van der Waals surface area (Å²) in [5, 5.41) is 0. The molecule has 0 radical (unpaired) electrons. The third-order valence-corrected chi connectivity index (χ3v) is 3.47. The molecule has 0 aliphatic rings. The van der Waals surface area contributed by atoms with E-state index < -0.39 is 0 Å². The van der Waals surface area contributed by atoms with Gasteiger partial charge in [0.05, 0.1) is 0 Å². The van der Waals surface area contributed by atoms with Gasteiger partial charge in [0.15, 0.2) is 0 Å². The molecule has 0 bridgehead atoms. The number of benzene rings is 1. The van der Waals surface area contributed by atoms with Crippen LogP contribution in [0.3, 0.4) is 0 Å². The number of hydrogen-bond acceptors (Lipinski definition) is 0. The van der Waals surface area contributed by atoms with Crippen LogP contribution in [0.2, 0.25) is 0 Å². The second kappa shape index (κ2) is 5.39. The average Bonchev–Trinajstić information content (AvgIpc) is 2.22. The van der Waals surface area contributed by atoms with Gasteiger partial charge >= 0.3 is 0 Å². The molecule has 0 aliphatic carbocycles. The zero-order valence-electron chi connectivity index (χ0n) is 14.9. The Morgan fingerprint density at radius 3 is 1.40 bits per heavy atom. The Morgan fingerprint density at radius 2 is 1.10 bits per heavy atom. The highest BCUT2D eigenvalue weighted by Crippen LogP contribution is 2.35. The predicted octanol–water partition coefficient (Wildman–Crippen LogP) is 6.34. The Balaban J connectivity index is 3.54. The van der Waals surface area contributed by atoms with Crippen LogP contribution in [0.1, 0.15) is 79.0 Å². The van der Waals surface area contributed by atoms with Crippen molar-refractivity contribution < 1.29 is 0 Å². The minimum absolute atomic E-state index is 0.165. The highest BCUT2D eigenvalue weighted by Gasteiger charge is 2.24. The van der Waals surface area contributed by atoms with E-state index >= 15 is 0 Å². The van der Waals surface area contributed by atoms with Crippen molar-refractivity contribution in [2.45, 2.75) is 73.1 Å². The van der Waals surface area contributed by atoms with Crippen molar-refractivity contribution in [1.82, 2.24) is 0 Å². The smallest absolute Gasteiger partial charge is 0.0126 e. The fraction of sp³-hybridized carbons (Fsp3) is 0.600. The summed E-state index contributed by atoms with van der Waals surface area (Å²) in [5.41, 5.74) is 4.82. The maximum absolute atomic E-state index is 2.33. The molecular weight excluding hydrogens is 240 g/mol. The Bertz CT molecular complexity index is 450. The van der Waals surface area contributed by atoms with Gasteiger partial charge in [0.2, 0.25) is 0 Å². The van der Waals surface area contributed by atoms with Gasteiger partial charge in [-0.05, 0) is 32.9 Å². The fourth-order valence-corrected chi connectivity index (χ4v) is 2.39. The molecule has 1 rings (SSSR count). The number of rotatable bonds is 1. The molecule has 0 heterocycles. The summed E-state index contributed by atoms with van der Waals surface area (Å²) in [4.78, 5) is 0. The van der Waals surface area contributed by atoms with Crippen LogP contribution in [-0.2, 0) is 10.8 Å². The molecular formula is C20H32. The van der Waals surface area contributed by atoms with Gasteiger partial charge in [-0.2, -0.15) is 0 Å². The number of allylic oxidation sites excluding steroid dienone is 1. The zero-order valence-corrected chi connectivity index (χ0v) is 14.9. The van der Waals surface area contributed by atoms with Gasteiger partial charge in [-0.25, -0.2) is 0 Å². The maximum atomic E-state index is 2.33. The summed E-state index contributed by atoms with van der Waals surface area (Å²) in [7, 11) is 0. The summed E-state index contributed by atoms with van der Waals surface area (Å²) in [6.45, 7) is 20.5. The van der Waals surface area contributed by atoms with Gasteiger partial charge < -0.3 is 0 Å². The first kappa shape index (κ1) is 17.0. The molecule has 0 nitrogen and oxygen atoms in total. The van der Waals surface area contributed by atoms with E-state index in [0.717, 1.165) is 0 Å². The number of hydrogen-bond donors (Lipinski definition) is 0. The minimum Gasteiger partial charge on any atom is -0.0785 e. The van der Waals surface area contributed by atoms with Crippen molar-refractivity contribution in [1.29, 1.82) is 0 Å². The van der Waals surface area contributed by atoms with Crippen LogP contribution in [0.4, 0.5) is 0 Å². The third-order valence-electron chi connectivity index (χ3n) is 3.47. The van der Waals surface area contributed by atoms with Gasteiger partial charge in [0.1, 0.15) is 0 Å². The van der Waals surface area contributed by atoms with Crippen LogP contribution in [-0.4, -0.2) is 0 Å². The van der Waals surface area contributed by atoms with E-state index in [2.05, 4.69) is 92.7 Å². The van der Waals surface area contributed by atoms with Crippen LogP contribution in [0.15, 0.2) is 24.3 Å². The van der Waals surface area contributed by atoms with Crippen LogP contribution in [0.5, 0.6) is 0 Å². The van der Waals surface area contributed by atoms with Crippen molar-refractivity contribution in [2.24, 2.45) is 5.41 Å². The molecule has 0 unspecified atom stereocenters. The highest BCUT2D eigenvalue weighted by atomic mass is 14.3. The van der Waals surface area contributed by atoms with E-state index in [4.69, 9.17) is 0 Å². The standard InChI is InChI=1S/C20H32/c1-18(2,3)14-13-15-16(19(4,5)6)11-10-12-17(15)20(7,8)9/h10-14H,1-9H3. The van der Waals surface area contributed by atoms with Crippen molar-refractivity contribution >= 4 is 6.08 Å². The van der Waals surface area contributed by atoms with Crippen LogP contribution < -0.4 is 0 Å². The van der Waals surface area contributed by atoms with E-state index in [1.807, 2.05) is 0 Å². The van der Waals surface area contributed by atoms with E-state index in [1.165, 1.54) is 16.7 Å². The summed E-state index contributed by atoms with van der Waals surface area (Å²) >= 11 is 0. The topological polar surface area (TPSA) is 0 Å². The van der Waals surface area contributed by atoms with Crippen molar-refractivity contribution in [3.8, 4) is 0 Å². The molecule has 0 atom stereocenters. The van der Waals surface area contributed by atoms with Crippen LogP contribution in [0.25, 0.3) is 6.08 Å². The third kappa shape index (κ3) is 4.51. The Morgan fingerprint density at radius 1 is 0.700 bits per heavy atom. The largest absolute Gasteiger partial charge is 0.0785 e. The Hall–Kier alpha value is -1.04. The zero-order chi connectivity index (χ0) is 15.8. The lowest BCUT2D eigenvalue weighted by Gasteiger charge is -2.29. The normalized spacial score (nSPS) is 14.1. The summed E-state index contributed by atoms with van der Waals surface area (Å²) in [6.07, 6.45) is 4.66. The molecule has 1 aromatic carbocycles. The van der Waals surface area contributed by atoms with Gasteiger partial charge in [-0.3, -0.25) is 0 Å². The monoisotopic (exact) mass is 272 g/mol. The first-order valence-electron chi connectivity index (χ1n) is 7.65. The summed E-state index contributed by atoms with van der Waals surface area (Å²) in [6, 6.07) is 6.75. The van der Waals surface area contributed by atoms with Crippen molar-refractivity contribution in [3.63, 3.8) is 0 Å². The Kier molecular flexibility index (Phi) is 4.58. The van der Waals surface area contributed by atoms with E-state index in [9.17, 15) is 0 Å². The first-order chi connectivity index (χ1) is 8.82. The lowest BCUT2D eigenvalue weighted by atomic mass is 9.76. The lowest BCUT2D eigenvalue weighted by molar-refractivity contribution is 0.545. The molecule has 1 aromatic rings. The van der Waals surface area contributed by atoms with Crippen LogP contribution >= 0.6 is 0 Å². The highest BCUT2D eigenvalue weighted by molar-refractivity contribution is 5.62. The molecule has 0 heteroatoms. The predicted molar refractivity (Wildman–Crippen MR) is 92.3 cm³/mol. The minimum atomic E-state index is 0.165. The molecule has 0 fully saturated rings. The lowest BCUT2D eigenvalue weighted by Crippen LogP contribution is -2.19. The van der Waals surface area contributed by atoms with E-state index in [0.29, 0.717) is 0 Å².